The molecule has 0 saturated carbocycles. The van der Waals surface area contributed by atoms with Gasteiger partial charge in [0, 0.05) is 85.3 Å². The van der Waals surface area contributed by atoms with Crippen LogP contribution in [-0.2, 0) is 61.3 Å². The van der Waals surface area contributed by atoms with Crippen LogP contribution in [0, 0.1) is 0 Å². The van der Waals surface area contributed by atoms with Crippen molar-refractivity contribution in [2.24, 2.45) is 0 Å². The Bertz CT molecular complexity index is 753. The van der Waals surface area contributed by atoms with Gasteiger partial charge in [-0.2, -0.15) is 0 Å². The predicted molar refractivity (Wildman–Crippen MR) is 189 cm³/mol. The summed E-state index contributed by atoms with van der Waals surface area (Å²) in [6.07, 6.45) is 0. The van der Waals surface area contributed by atoms with Crippen LogP contribution in [0.1, 0.15) is 0 Å². The Hall–Kier alpha value is -0.339. The fourth-order valence-corrected chi connectivity index (χ4v) is 16.3. The van der Waals surface area contributed by atoms with Gasteiger partial charge in [-0.25, -0.2) is 0 Å². The van der Waals surface area contributed by atoms with E-state index in [4.69, 9.17) is 56.6 Å². The molecule has 1 unspecified atom stereocenters. The van der Waals surface area contributed by atoms with Crippen LogP contribution in [0.4, 0.5) is 0 Å². The molecule has 0 aromatic rings. The molecule has 0 amide bonds. The third-order valence-corrected chi connectivity index (χ3v) is 22.3. The molecular formula is C24H62O15Si6. The van der Waals surface area contributed by atoms with Crippen LogP contribution < -0.4 is 0 Å². The van der Waals surface area contributed by atoms with Crippen LogP contribution in [0.5, 0.6) is 0 Å². The average Bonchev–Trinajstić information content (AvgIpc) is 3.04. The van der Waals surface area contributed by atoms with Crippen LogP contribution in [0.15, 0.2) is 49.1 Å². The lowest BCUT2D eigenvalue weighted by molar-refractivity contribution is 0.109. The molecule has 45 heavy (non-hydrogen) atoms. The van der Waals surface area contributed by atoms with Crippen LogP contribution in [-0.4, -0.2) is 143 Å². The van der Waals surface area contributed by atoms with E-state index < -0.39 is 52.3 Å². The maximum absolute atomic E-state index is 6.19. The number of rotatable bonds is 20. The first kappa shape index (κ1) is 54.1. The second kappa shape index (κ2) is 27.6. The highest BCUT2D eigenvalue weighted by molar-refractivity contribution is 6.88. The number of hydrogen-bond acceptors (Lipinski definition) is 14. The zero-order valence-electron chi connectivity index (χ0n) is 30.4. The predicted octanol–water partition coefficient (Wildman–Crippen LogP) is 2.97. The zero-order valence-corrected chi connectivity index (χ0v) is 36.4. The second-order valence-electron chi connectivity index (χ2n) is 8.79. The molecule has 0 rings (SSSR count). The maximum Gasteiger partial charge on any atom is 0.528 e. The largest absolute Gasteiger partial charge is 0.528 e. The molecule has 2 N–H and O–H groups in total. The molecule has 0 aliphatic carbocycles. The van der Waals surface area contributed by atoms with Crippen LogP contribution >= 0.6 is 0 Å². The fraction of sp³-hybridized carbons (Fsp3) is 0.667. The summed E-state index contributed by atoms with van der Waals surface area (Å²) in [4.78, 5) is 0. The smallest absolute Gasteiger partial charge is 0.412 e. The topological polar surface area (TPSA) is 161 Å². The SMILES string of the molecule is C=C[Si](OC)(OC)OC.C=C[Si](OC)(OC)O[Si](C)(C)O[Si](C=C)(OC)O[Si](C=C)(OC)OC.COC.CO[Si](C)(C)OC.O. The van der Waals surface area contributed by atoms with E-state index in [0.29, 0.717) is 0 Å². The molecule has 0 radical (unpaired) electrons. The van der Waals surface area contributed by atoms with Crippen molar-refractivity contribution in [1.82, 2.24) is 0 Å². The summed E-state index contributed by atoms with van der Waals surface area (Å²) < 4.78 is 74.6. The summed E-state index contributed by atoms with van der Waals surface area (Å²) >= 11 is 0. The second-order valence-corrected chi connectivity index (χ2v) is 27.4. The van der Waals surface area contributed by atoms with Gasteiger partial charge < -0.3 is 66.8 Å². The third-order valence-electron chi connectivity index (χ3n) is 5.32. The lowest BCUT2D eigenvalue weighted by atomic mass is 11.3. The van der Waals surface area contributed by atoms with Gasteiger partial charge in [0.2, 0.25) is 0 Å². The Balaban J connectivity index is -0.000000217. The molecule has 1 atom stereocenters. The lowest BCUT2D eigenvalue weighted by Crippen LogP contribution is -2.62. The van der Waals surface area contributed by atoms with Crippen molar-refractivity contribution < 1.29 is 66.8 Å². The number of ether oxygens (including phenoxy) is 1. The van der Waals surface area contributed by atoms with Gasteiger partial charge in [-0.15, -0.1) is 0 Å². The van der Waals surface area contributed by atoms with E-state index in [1.807, 2.05) is 26.2 Å². The third kappa shape index (κ3) is 21.3. The van der Waals surface area contributed by atoms with Gasteiger partial charge in [-0.1, -0.05) is 26.3 Å². The summed E-state index contributed by atoms with van der Waals surface area (Å²) in [6, 6.07) is 0. The first-order valence-electron chi connectivity index (χ1n) is 13.0. The number of hydrogen-bond donors (Lipinski definition) is 0. The highest BCUT2D eigenvalue weighted by Crippen LogP contribution is 2.26. The Labute approximate surface area is 279 Å². The zero-order chi connectivity index (χ0) is 35.7. The van der Waals surface area contributed by atoms with Crippen molar-refractivity contribution in [3.8, 4) is 0 Å². The summed E-state index contributed by atoms with van der Waals surface area (Å²) in [5, 5.41) is 0. The van der Waals surface area contributed by atoms with Crippen LogP contribution in [0.25, 0.3) is 0 Å². The average molecular weight is 759 g/mol. The standard InChI is InChI=1S/C13H30O8Si4.C5H12O3Si.C4H12O2Si.C2H6O.H2O/c1-11-23(14-4,15-5)19-22(9,10)20-25(13-3,18-8)21-24(12-2,16-6)17-7;1-5-9(6-2,7-3)8-4;1-5-7(3,4)6-2;1-3-2;/h11-13H,1-3H2,4-10H3;5H,1H2,2-4H3;1-4H3;1-2H3;1H2. The van der Waals surface area contributed by atoms with Crippen molar-refractivity contribution in [3.63, 3.8) is 0 Å². The highest BCUT2D eigenvalue weighted by Gasteiger charge is 2.55. The van der Waals surface area contributed by atoms with Crippen LogP contribution in [0.3, 0.4) is 0 Å². The first-order chi connectivity index (χ1) is 20.4. The van der Waals surface area contributed by atoms with E-state index in [0.717, 1.165) is 0 Å². The summed E-state index contributed by atoms with van der Waals surface area (Å²) in [5.74, 6) is 0. The molecular weight excluding hydrogens is 697 g/mol. The van der Waals surface area contributed by atoms with Crippen molar-refractivity contribution >= 4 is 52.3 Å². The van der Waals surface area contributed by atoms with E-state index in [1.165, 1.54) is 52.6 Å². The van der Waals surface area contributed by atoms with E-state index in [2.05, 4.69) is 31.1 Å². The molecule has 0 aromatic heterocycles. The van der Waals surface area contributed by atoms with Gasteiger partial charge in [0.1, 0.15) is 0 Å². The Kier molecular flexibility index (Phi) is 33.2. The van der Waals surface area contributed by atoms with Crippen molar-refractivity contribution in [1.29, 1.82) is 0 Å². The van der Waals surface area contributed by atoms with Crippen LogP contribution in [0.2, 0.25) is 26.2 Å². The minimum Gasteiger partial charge on any atom is -0.412 e. The summed E-state index contributed by atoms with van der Waals surface area (Å²) in [6.45, 7) is 22.4. The maximum atomic E-state index is 6.19. The molecule has 272 valence electrons. The summed E-state index contributed by atoms with van der Waals surface area (Å²) in [7, 11) is 2.07. The molecule has 0 saturated heterocycles. The fourth-order valence-electron chi connectivity index (χ4n) is 2.51. The molecule has 0 heterocycles. The lowest BCUT2D eigenvalue weighted by Gasteiger charge is -2.39. The monoisotopic (exact) mass is 758 g/mol. The molecule has 0 fully saturated rings. The van der Waals surface area contributed by atoms with Crippen molar-refractivity contribution in [3.05, 3.63) is 49.1 Å². The van der Waals surface area contributed by atoms with Gasteiger partial charge in [-0.3, -0.25) is 0 Å². The first-order valence-corrected chi connectivity index (χ1v) is 25.8. The molecule has 15 nitrogen and oxygen atoms in total. The molecule has 21 heteroatoms. The molecule has 0 aromatic carbocycles. The Morgan fingerprint density at radius 3 is 0.711 bits per heavy atom. The quantitative estimate of drug-likeness (QED) is 0.167. The van der Waals surface area contributed by atoms with Gasteiger partial charge in [0.15, 0.2) is 0 Å². The Morgan fingerprint density at radius 2 is 0.556 bits per heavy atom. The van der Waals surface area contributed by atoms with Gasteiger partial charge in [0.05, 0.1) is 0 Å². The minimum atomic E-state index is -3.40. The molecule has 0 aliphatic heterocycles. The van der Waals surface area contributed by atoms with Gasteiger partial charge in [-0.05, 0) is 49.0 Å². The molecule has 0 aliphatic rings. The minimum absolute atomic E-state index is 0. The molecule has 0 spiro atoms. The van der Waals surface area contributed by atoms with Crippen molar-refractivity contribution in [2.75, 3.05) is 85.3 Å². The van der Waals surface area contributed by atoms with E-state index in [-0.39, 0.29) is 5.48 Å². The van der Waals surface area contributed by atoms with Gasteiger partial charge in [0.25, 0.3) is 0 Å². The van der Waals surface area contributed by atoms with Crippen molar-refractivity contribution in [2.45, 2.75) is 26.2 Å². The summed E-state index contributed by atoms with van der Waals surface area (Å²) in [5.41, 5.74) is 6.09. The van der Waals surface area contributed by atoms with E-state index >= 15 is 0 Å². The van der Waals surface area contributed by atoms with Gasteiger partial charge >= 0.3 is 52.3 Å². The Morgan fingerprint density at radius 1 is 0.333 bits per heavy atom. The number of methoxy groups -OCH3 is 1. The normalized spacial score (nSPS) is 13.2. The van der Waals surface area contributed by atoms with E-state index in [9.17, 15) is 0 Å². The highest BCUT2D eigenvalue weighted by atomic mass is 28.5. The van der Waals surface area contributed by atoms with E-state index in [1.54, 1.807) is 55.5 Å². The molecule has 0 bridgehead atoms.